The van der Waals surface area contributed by atoms with Gasteiger partial charge in [0, 0.05) is 32.2 Å². The van der Waals surface area contributed by atoms with Gasteiger partial charge in [0.25, 0.3) is 0 Å². The summed E-state index contributed by atoms with van der Waals surface area (Å²) in [6.07, 6.45) is 2.31. The van der Waals surface area contributed by atoms with Crippen LogP contribution < -0.4 is 10.6 Å². The van der Waals surface area contributed by atoms with Crippen molar-refractivity contribution in [1.29, 1.82) is 0 Å². The SMILES string of the molecule is COC[C@@H]1CNC[C@H]1C(=O)NC1CC1. The van der Waals surface area contributed by atoms with E-state index in [9.17, 15) is 4.79 Å². The van der Waals surface area contributed by atoms with Crippen LogP contribution in [0.5, 0.6) is 0 Å². The van der Waals surface area contributed by atoms with Crippen LogP contribution in [0, 0.1) is 11.8 Å². The van der Waals surface area contributed by atoms with Gasteiger partial charge in [-0.2, -0.15) is 0 Å². The van der Waals surface area contributed by atoms with E-state index < -0.39 is 0 Å². The average molecular weight is 198 g/mol. The van der Waals surface area contributed by atoms with Gasteiger partial charge in [-0.15, -0.1) is 0 Å². The molecule has 1 aliphatic carbocycles. The highest BCUT2D eigenvalue weighted by molar-refractivity contribution is 5.80. The molecule has 80 valence electrons. The number of nitrogens with one attached hydrogen (secondary N) is 2. The molecule has 2 aliphatic rings. The molecule has 0 aromatic carbocycles. The van der Waals surface area contributed by atoms with Crippen LogP contribution in [0.1, 0.15) is 12.8 Å². The zero-order chi connectivity index (χ0) is 9.97. The first-order valence-corrected chi connectivity index (χ1v) is 5.31. The summed E-state index contributed by atoms with van der Waals surface area (Å²) in [6.45, 7) is 2.37. The lowest BCUT2D eigenvalue weighted by Crippen LogP contribution is -2.37. The number of ether oxygens (including phenoxy) is 1. The monoisotopic (exact) mass is 198 g/mol. The molecule has 0 aromatic rings. The van der Waals surface area contributed by atoms with E-state index >= 15 is 0 Å². The van der Waals surface area contributed by atoms with Crippen LogP contribution in [0.15, 0.2) is 0 Å². The number of carbonyl (C=O) groups excluding carboxylic acids is 1. The molecule has 2 fully saturated rings. The van der Waals surface area contributed by atoms with E-state index in [0.717, 1.165) is 25.9 Å². The summed E-state index contributed by atoms with van der Waals surface area (Å²) in [5.41, 5.74) is 0. The first kappa shape index (κ1) is 9.93. The van der Waals surface area contributed by atoms with Crippen LogP contribution >= 0.6 is 0 Å². The van der Waals surface area contributed by atoms with Gasteiger partial charge < -0.3 is 15.4 Å². The van der Waals surface area contributed by atoms with Crippen LogP contribution in [0.25, 0.3) is 0 Å². The molecular weight excluding hydrogens is 180 g/mol. The lowest BCUT2D eigenvalue weighted by molar-refractivity contribution is -0.126. The van der Waals surface area contributed by atoms with Crippen LogP contribution in [-0.4, -0.2) is 38.8 Å². The van der Waals surface area contributed by atoms with Crippen molar-refractivity contribution >= 4 is 5.91 Å². The summed E-state index contributed by atoms with van der Waals surface area (Å²) >= 11 is 0. The van der Waals surface area contributed by atoms with Gasteiger partial charge >= 0.3 is 0 Å². The number of hydrogen-bond acceptors (Lipinski definition) is 3. The van der Waals surface area contributed by atoms with Crippen molar-refractivity contribution in [3.63, 3.8) is 0 Å². The third-order valence-electron chi connectivity index (χ3n) is 2.98. The number of amides is 1. The molecule has 1 saturated heterocycles. The molecule has 2 rings (SSSR count). The number of hydrogen-bond donors (Lipinski definition) is 2. The highest BCUT2D eigenvalue weighted by Gasteiger charge is 2.35. The molecule has 14 heavy (non-hydrogen) atoms. The second kappa shape index (κ2) is 4.28. The molecule has 2 atom stereocenters. The minimum atomic E-state index is 0.107. The molecule has 1 saturated carbocycles. The number of rotatable bonds is 4. The Morgan fingerprint density at radius 2 is 2.29 bits per heavy atom. The van der Waals surface area contributed by atoms with E-state index in [1.54, 1.807) is 7.11 Å². The van der Waals surface area contributed by atoms with Gasteiger partial charge in [0.2, 0.25) is 5.91 Å². The third-order valence-corrected chi connectivity index (χ3v) is 2.98. The van der Waals surface area contributed by atoms with E-state index in [1.165, 1.54) is 0 Å². The molecule has 2 N–H and O–H groups in total. The molecule has 4 nitrogen and oxygen atoms in total. The smallest absolute Gasteiger partial charge is 0.225 e. The maximum atomic E-state index is 11.8. The van der Waals surface area contributed by atoms with Gasteiger partial charge in [0.05, 0.1) is 12.5 Å². The first-order valence-electron chi connectivity index (χ1n) is 5.31. The Kier molecular flexibility index (Phi) is 3.03. The summed E-state index contributed by atoms with van der Waals surface area (Å²) < 4.78 is 5.11. The fourth-order valence-electron chi connectivity index (χ4n) is 1.96. The molecule has 0 bridgehead atoms. The zero-order valence-corrected chi connectivity index (χ0v) is 8.58. The standard InChI is InChI=1S/C10H18N2O2/c1-14-6-7-4-11-5-9(7)10(13)12-8-2-3-8/h7-9,11H,2-6H2,1H3,(H,12,13)/t7-,9+/m0/s1. The predicted octanol–water partition coefficient (Wildman–Crippen LogP) is -0.253. The summed E-state index contributed by atoms with van der Waals surface area (Å²) in [5.74, 6) is 0.661. The van der Waals surface area contributed by atoms with Crippen molar-refractivity contribution in [2.45, 2.75) is 18.9 Å². The van der Waals surface area contributed by atoms with Gasteiger partial charge in [-0.25, -0.2) is 0 Å². The van der Waals surface area contributed by atoms with Crippen molar-refractivity contribution in [3.05, 3.63) is 0 Å². The maximum Gasteiger partial charge on any atom is 0.225 e. The molecule has 0 aromatic heterocycles. The molecule has 0 radical (unpaired) electrons. The van der Waals surface area contributed by atoms with Crippen LogP contribution in [0.2, 0.25) is 0 Å². The van der Waals surface area contributed by atoms with Gasteiger partial charge in [0.15, 0.2) is 0 Å². The van der Waals surface area contributed by atoms with Crippen LogP contribution in [0.3, 0.4) is 0 Å². The van der Waals surface area contributed by atoms with E-state index in [1.807, 2.05) is 0 Å². The highest BCUT2D eigenvalue weighted by Crippen LogP contribution is 2.22. The fourth-order valence-corrected chi connectivity index (χ4v) is 1.96. The lowest BCUT2D eigenvalue weighted by atomic mass is 9.96. The second-order valence-corrected chi connectivity index (χ2v) is 4.26. The normalized spacial score (nSPS) is 31.8. The molecule has 1 aliphatic heterocycles. The van der Waals surface area contributed by atoms with Crippen molar-refractivity contribution in [1.82, 2.24) is 10.6 Å². The van der Waals surface area contributed by atoms with Crippen molar-refractivity contribution in [3.8, 4) is 0 Å². The fraction of sp³-hybridized carbons (Fsp3) is 0.900. The summed E-state index contributed by atoms with van der Waals surface area (Å²) in [5, 5.41) is 6.29. The Labute approximate surface area is 84.4 Å². The van der Waals surface area contributed by atoms with E-state index in [4.69, 9.17) is 4.74 Å². The van der Waals surface area contributed by atoms with Gasteiger partial charge in [-0.05, 0) is 12.8 Å². The maximum absolute atomic E-state index is 11.8. The van der Waals surface area contributed by atoms with E-state index in [2.05, 4.69) is 10.6 Å². The second-order valence-electron chi connectivity index (χ2n) is 4.26. The van der Waals surface area contributed by atoms with E-state index in [-0.39, 0.29) is 11.8 Å². The average Bonchev–Trinajstić information content (AvgIpc) is 2.83. The molecule has 1 heterocycles. The van der Waals surface area contributed by atoms with Crippen molar-refractivity contribution < 1.29 is 9.53 Å². The number of methoxy groups -OCH3 is 1. The topological polar surface area (TPSA) is 50.4 Å². The minimum absolute atomic E-state index is 0.107. The van der Waals surface area contributed by atoms with Crippen molar-refractivity contribution in [2.75, 3.05) is 26.8 Å². The quantitative estimate of drug-likeness (QED) is 0.655. The zero-order valence-electron chi connectivity index (χ0n) is 8.58. The predicted molar refractivity (Wildman–Crippen MR) is 52.9 cm³/mol. The summed E-state index contributed by atoms with van der Waals surface area (Å²) in [7, 11) is 1.69. The Morgan fingerprint density at radius 1 is 1.50 bits per heavy atom. The van der Waals surface area contributed by atoms with Crippen LogP contribution in [-0.2, 0) is 9.53 Å². The first-order chi connectivity index (χ1) is 6.81. The molecular formula is C10H18N2O2. The third kappa shape index (κ3) is 2.25. The molecule has 1 amide bonds. The number of carbonyl (C=O) groups is 1. The molecule has 0 unspecified atom stereocenters. The molecule has 0 spiro atoms. The van der Waals surface area contributed by atoms with Gasteiger partial charge in [-0.1, -0.05) is 0 Å². The van der Waals surface area contributed by atoms with E-state index in [0.29, 0.717) is 18.6 Å². The van der Waals surface area contributed by atoms with Crippen LogP contribution in [0.4, 0.5) is 0 Å². The minimum Gasteiger partial charge on any atom is -0.384 e. The lowest BCUT2D eigenvalue weighted by Gasteiger charge is -2.16. The highest BCUT2D eigenvalue weighted by atomic mass is 16.5. The van der Waals surface area contributed by atoms with Gasteiger partial charge in [0.1, 0.15) is 0 Å². The molecule has 4 heteroatoms. The Hall–Kier alpha value is -0.610. The Balaban J connectivity index is 1.83. The van der Waals surface area contributed by atoms with Gasteiger partial charge in [-0.3, -0.25) is 4.79 Å². The van der Waals surface area contributed by atoms with Crippen molar-refractivity contribution in [2.24, 2.45) is 11.8 Å². The Morgan fingerprint density at radius 3 is 2.93 bits per heavy atom. The summed E-state index contributed by atoms with van der Waals surface area (Å²) in [4.78, 5) is 11.8. The largest absolute Gasteiger partial charge is 0.384 e. The summed E-state index contributed by atoms with van der Waals surface area (Å²) in [6, 6.07) is 0.464. The Bertz CT molecular complexity index is 216.